The maximum Gasteiger partial charge on any atom is 0.224 e. The van der Waals surface area contributed by atoms with E-state index in [1.807, 2.05) is 6.92 Å². The van der Waals surface area contributed by atoms with E-state index in [4.69, 9.17) is 10.6 Å². The zero-order valence-electron chi connectivity index (χ0n) is 11.2. The summed E-state index contributed by atoms with van der Waals surface area (Å²) in [4.78, 5) is 4.65. The highest BCUT2D eigenvalue weighted by molar-refractivity contribution is 7.85. The molecule has 2 aromatic rings. The molecule has 0 saturated carbocycles. The molecule has 2 N–H and O–H groups in total. The molecule has 0 spiro atoms. The fraction of sp³-hybridized carbons (Fsp3) is 0.154. The van der Waals surface area contributed by atoms with E-state index < -0.39 is 10.1 Å². The first kappa shape index (κ1) is 15.9. The monoisotopic (exact) mass is 296 g/mol. The minimum atomic E-state index is -4.27. The summed E-state index contributed by atoms with van der Waals surface area (Å²) in [5.41, 5.74) is 7.08. The van der Waals surface area contributed by atoms with Crippen molar-refractivity contribution in [2.45, 2.75) is 11.8 Å². The maximum atomic E-state index is 10.4. The Hall–Kier alpha value is -2.12. The summed E-state index contributed by atoms with van der Waals surface area (Å²) in [5.74, 6) is 0. The predicted molar refractivity (Wildman–Crippen MR) is 72.7 cm³/mol. The largest absolute Gasteiger partial charge is 0.744 e. The summed E-state index contributed by atoms with van der Waals surface area (Å²) in [5, 5.41) is 0. The third-order valence-corrected chi connectivity index (χ3v) is 3.20. The van der Waals surface area contributed by atoms with Gasteiger partial charge in [0.1, 0.15) is 17.2 Å². The Balaban J connectivity index is 0.000000204. The highest BCUT2D eigenvalue weighted by Gasteiger charge is 1.97. The van der Waals surface area contributed by atoms with E-state index in [1.165, 1.54) is 12.1 Å². The zero-order valence-corrected chi connectivity index (χ0v) is 12.0. The third-order valence-electron chi connectivity index (χ3n) is 2.35. The predicted octanol–water partition coefficient (Wildman–Crippen LogP) is 0.514. The van der Waals surface area contributed by atoms with Crippen LogP contribution in [0.4, 0.5) is 5.69 Å². The SMILES string of the molecule is CO[n+]1ccc(N)cc1.Cc1ccc(S(=O)(=O)[O-])cc1. The number of anilines is 1. The average Bonchev–Trinajstić information content (AvgIpc) is 2.40. The van der Waals surface area contributed by atoms with Crippen LogP contribution in [0, 0.1) is 6.92 Å². The zero-order chi connectivity index (χ0) is 15.2. The van der Waals surface area contributed by atoms with E-state index in [1.54, 1.807) is 48.5 Å². The van der Waals surface area contributed by atoms with Gasteiger partial charge < -0.3 is 10.3 Å². The molecule has 0 atom stereocenters. The molecule has 2 rings (SSSR count). The van der Waals surface area contributed by atoms with Crippen molar-refractivity contribution in [1.29, 1.82) is 0 Å². The lowest BCUT2D eigenvalue weighted by molar-refractivity contribution is -0.885. The number of rotatable bonds is 2. The highest BCUT2D eigenvalue weighted by Crippen LogP contribution is 2.08. The van der Waals surface area contributed by atoms with Crippen molar-refractivity contribution in [3.63, 3.8) is 0 Å². The second-order valence-corrected chi connectivity index (χ2v) is 5.32. The van der Waals surface area contributed by atoms with Crippen molar-refractivity contribution in [2.75, 3.05) is 12.8 Å². The molecular formula is C13H16N2O4S. The number of nitrogens with zero attached hydrogens (tertiary/aromatic N) is 1. The molecule has 0 aliphatic carbocycles. The normalized spacial score (nSPS) is 10.3. The van der Waals surface area contributed by atoms with Gasteiger partial charge in [0.15, 0.2) is 0 Å². The number of aryl methyl sites for hydroxylation is 1. The lowest BCUT2D eigenvalue weighted by Crippen LogP contribution is -2.39. The summed E-state index contributed by atoms with van der Waals surface area (Å²) >= 11 is 0. The van der Waals surface area contributed by atoms with Gasteiger partial charge in [0.2, 0.25) is 12.4 Å². The van der Waals surface area contributed by atoms with Crippen molar-refractivity contribution in [3.05, 3.63) is 54.4 Å². The summed E-state index contributed by atoms with van der Waals surface area (Å²) < 4.78 is 32.7. The molecule has 6 nitrogen and oxygen atoms in total. The minimum Gasteiger partial charge on any atom is -0.744 e. The Labute approximate surface area is 118 Å². The van der Waals surface area contributed by atoms with Gasteiger partial charge in [0.25, 0.3) is 0 Å². The van der Waals surface area contributed by atoms with Crippen LogP contribution < -0.4 is 15.3 Å². The number of nitrogens with two attached hydrogens (primary N) is 1. The third kappa shape index (κ3) is 5.25. The van der Waals surface area contributed by atoms with Gasteiger partial charge in [-0.1, -0.05) is 17.7 Å². The molecule has 1 aromatic heterocycles. The molecule has 0 unspecified atom stereocenters. The van der Waals surface area contributed by atoms with Gasteiger partial charge in [-0.15, -0.1) is 0 Å². The fourth-order valence-corrected chi connectivity index (χ4v) is 1.72. The van der Waals surface area contributed by atoms with Gasteiger partial charge in [-0.3, -0.25) is 4.84 Å². The van der Waals surface area contributed by atoms with Gasteiger partial charge in [-0.25, -0.2) is 8.42 Å². The van der Waals surface area contributed by atoms with E-state index in [-0.39, 0.29) is 4.90 Å². The van der Waals surface area contributed by atoms with Crippen LogP contribution in [0.5, 0.6) is 0 Å². The molecule has 20 heavy (non-hydrogen) atoms. The van der Waals surface area contributed by atoms with E-state index in [2.05, 4.69) is 0 Å². The van der Waals surface area contributed by atoms with Gasteiger partial charge in [-0.05, 0) is 19.1 Å². The summed E-state index contributed by atoms with van der Waals surface area (Å²) in [7, 11) is -2.68. The number of hydrogen-bond acceptors (Lipinski definition) is 5. The standard InChI is InChI=1S/C7H8O3S.C6H8N2O/c1-6-2-4-7(5-3-6)11(8,9)10;1-9-8-4-2-6(7)3-5-8/h2-5H,1H3,(H,8,9,10);2-5,7H,1H3. The van der Waals surface area contributed by atoms with Gasteiger partial charge in [0.05, 0.1) is 4.90 Å². The number of aromatic nitrogens is 1. The van der Waals surface area contributed by atoms with Crippen LogP contribution in [0.2, 0.25) is 0 Å². The molecule has 0 fully saturated rings. The Bertz CT molecular complexity index is 637. The number of nitrogen functional groups attached to an aromatic ring is 1. The summed E-state index contributed by atoms with van der Waals surface area (Å²) in [6.07, 6.45) is 3.49. The molecule has 0 amide bonds. The lowest BCUT2D eigenvalue weighted by Gasteiger charge is -2.05. The van der Waals surface area contributed by atoms with Crippen LogP contribution >= 0.6 is 0 Å². The van der Waals surface area contributed by atoms with Crippen molar-refractivity contribution in [1.82, 2.24) is 0 Å². The van der Waals surface area contributed by atoms with Crippen LogP contribution in [0.3, 0.4) is 0 Å². The molecule has 0 aliphatic heterocycles. The molecule has 0 bridgehead atoms. The van der Waals surface area contributed by atoms with Crippen LogP contribution in [0.1, 0.15) is 5.56 Å². The van der Waals surface area contributed by atoms with E-state index in [9.17, 15) is 13.0 Å². The molecule has 0 saturated heterocycles. The van der Waals surface area contributed by atoms with Crippen molar-refractivity contribution >= 4 is 15.8 Å². The second kappa shape index (κ2) is 6.88. The first-order valence-electron chi connectivity index (χ1n) is 5.67. The van der Waals surface area contributed by atoms with Gasteiger partial charge >= 0.3 is 0 Å². The van der Waals surface area contributed by atoms with Crippen LogP contribution in [0.25, 0.3) is 0 Å². The minimum absolute atomic E-state index is 0.178. The Kier molecular flexibility index (Phi) is 5.48. The molecule has 0 radical (unpaired) electrons. The number of pyridine rings is 1. The topological polar surface area (TPSA) is 96.3 Å². The van der Waals surface area contributed by atoms with Gasteiger partial charge in [0, 0.05) is 22.6 Å². The molecule has 1 aromatic carbocycles. The molecule has 0 aliphatic rings. The first-order chi connectivity index (χ1) is 9.32. The van der Waals surface area contributed by atoms with Gasteiger partial charge in [-0.2, -0.15) is 0 Å². The summed E-state index contributed by atoms with van der Waals surface area (Å²) in [6.45, 7) is 1.82. The lowest BCUT2D eigenvalue weighted by atomic mass is 10.2. The molecule has 7 heteroatoms. The van der Waals surface area contributed by atoms with E-state index >= 15 is 0 Å². The molecule has 108 valence electrons. The quantitative estimate of drug-likeness (QED) is 0.643. The van der Waals surface area contributed by atoms with Crippen LogP contribution in [0.15, 0.2) is 53.7 Å². The molecular weight excluding hydrogens is 280 g/mol. The average molecular weight is 296 g/mol. The first-order valence-corrected chi connectivity index (χ1v) is 7.07. The number of hydrogen-bond donors (Lipinski definition) is 1. The van der Waals surface area contributed by atoms with Crippen LogP contribution in [-0.2, 0) is 10.1 Å². The fourth-order valence-electron chi connectivity index (χ4n) is 1.25. The van der Waals surface area contributed by atoms with Crippen molar-refractivity contribution in [2.24, 2.45) is 0 Å². The van der Waals surface area contributed by atoms with Crippen molar-refractivity contribution < 1.29 is 22.5 Å². The summed E-state index contributed by atoms with van der Waals surface area (Å²) in [6, 6.07) is 9.32. The second-order valence-electron chi connectivity index (χ2n) is 3.94. The van der Waals surface area contributed by atoms with E-state index in [0.717, 1.165) is 11.3 Å². The smallest absolute Gasteiger partial charge is 0.224 e. The maximum absolute atomic E-state index is 10.4. The Morgan fingerprint density at radius 1 is 1.10 bits per heavy atom. The van der Waals surface area contributed by atoms with Crippen LogP contribution in [-0.4, -0.2) is 20.1 Å². The molecule has 1 heterocycles. The highest BCUT2D eigenvalue weighted by atomic mass is 32.2. The Morgan fingerprint density at radius 2 is 1.60 bits per heavy atom. The Morgan fingerprint density at radius 3 is 2.00 bits per heavy atom. The van der Waals surface area contributed by atoms with E-state index in [0.29, 0.717) is 0 Å². The van der Waals surface area contributed by atoms with Crippen molar-refractivity contribution in [3.8, 4) is 0 Å². The number of benzene rings is 1.